The minimum atomic E-state index is -0.932. The molecule has 86 valence electrons. The molecule has 0 bridgehead atoms. The summed E-state index contributed by atoms with van der Waals surface area (Å²) >= 11 is 0. The van der Waals surface area contributed by atoms with Gasteiger partial charge in [-0.05, 0) is 35.8 Å². The Morgan fingerprint density at radius 3 is 2.81 bits per heavy atom. The molecule has 3 nitrogen and oxygen atoms in total. The highest BCUT2D eigenvalue weighted by Gasteiger charge is 2.01. The van der Waals surface area contributed by atoms with Crippen LogP contribution >= 0.6 is 0 Å². The molecule has 1 aromatic rings. The standard InChI is InChI=1S/C13H16O3/c1-3-4-11-9-12(16-2)7-5-10(11)6-8-13(14)15/h5-9H,3-4H2,1-2H3,(H,14,15)/b8-6+. The smallest absolute Gasteiger partial charge is 0.328 e. The molecular weight excluding hydrogens is 204 g/mol. The lowest BCUT2D eigenvalue weighted by Gasteiger charge is -2.07. The van der Waals surface area contributed by atoms with E-state index in [0.29, 0.717) is 0 Å². The maximum absolute atomic E-state index is 10.5. The Balaban J connectivity index is 3.02. The summed E-state index contributed by atoms with van der Waals surface area (Å²) in [5, 5.41) is 8.58. The van der Waals surface area contributed by atoms with Crippen molar-refractivity contribution >= 4 is 12.0 Å². The van der Waals surface area contributed by atoms with Crippen molar-refractivity contribution in [2.45, 2.75) is 19.8 Å². The highest BCUT2D eigenvalue weighted by molar-refractivity contribution is 5.85. The van der Waals surface area contributed by atoms with Crippen molar-refractivity contribution in [3.63, 3.8) is 0 Å². The van der Waals surface area contributed by atoms with E-state index in [2.05, 4.69) is 6.92 Å². The maximum Gasteiger partial charge on any atom is 0.328 e. The predicted molar refractivity (Wildman–Crippen MR) is 63.7 cm³/mol. The van der Waals surface area contributed by atoms with Crippen LogP contribution in [0, 0.1) is 0 Å². The first-order valence-electron chi connectivity index (χ1n) is 5.25. The van der Waals surface area contributed by atoms with Crippen LogP contribution in [0.25, 0.3) is 6.08 Å². The van der Waals surface area contributed by atoms with Crippen molar-refractivity contribution in [1.82, 2.24) is 0 Å². The molecule has 0 aliphatic heterocycles. The summed E-state index contributed by atoms with van der Waals surface area (Å²) in [5.74, 6) is -0.130. The van der Waals surface area contributed by atoms with Crippen LogP contribution in [-0.2, 0) is 11.2 Å². The molecule has 0 saturated carbocycles. The summed E-state index contributed by atoms with van der Waals surface area (Å²) in [6.07, 6.45) is 4.70. The number of carboxylic acid groups (broad SMARTS) is 1. The zero-order valence-corrected chi connectivity index (χ0v) is 9.56. The van der Waals surface area contributed by atoms with Gasteiger partial charge in [-0.3, -0.25) is 0 Å². The van der Waals surface area contributed by atoms with Crippen LogP contribution in [-0.4, -0.2) is 18.2 Å². The third kappa shape index (κ3) is 3.42. The van der Waals surface area contributed by atoms with Crippen molar-refractivity contribution in [2.24, 2.45) is 0 Å². The second-order valence-electron chi connectivity index (χ2n) is 3.49. The molecule has 0 radical (unpaired) electrons. The third-order valence-corrected chi connectivity index (χ3v) is 2.27. The van der Waals surface area contributed by atoms with Gasteiger partial charge in [0.05, 0.1) is 7.11 Å². The van der Waals surface area contributed by atoms with Gasteiger partial charge >= 0.3 is 5.97 Å². The van der Waals surface area contributed by atoms with Crippen molar-refractivity contribution < 1.29 is 14.6 Å². The predicted octanol–water partition coefficient (Wildman–Crippen LogP) is 2.75. The second-order valence-corrected chi connectivity index (χ2v) is 3.49. The van der Waals surface area contributed by atoms with Gasteiger partial charge in [-0.2, -0.15) is 0 Å². The lowest BCUT2D eigenvalue weighted by Crippen LogP contribution is -1.92. The molecule has 0 amide bonds. The first kappa shape index (κ1) is 12.3. The first-order chi connectivity index (χ1) is 7.67. The number of aliphatic carboxylic acids is 1. The molecule has 3 heteroatoms. The Hall–Kier alpha value is -1.77. The average Bonchev–Trinajstić information content (AvgIpc) is 2.27. The fourth-order valence-corrected chi connectivity index (χ4v) is 1.52. The van der Waals surface area contributed by atoms with Crippen LogP contribution in [0.1, 0.15) is 24.5 Å². The topological polar surface area (TPSA) is 46.5 Å². The van der Waals surface area contributed by atoms with Crippen LogP contribution in [0.3, 0.4) is 0 Å². The summed E-state index contributed by atoms with van der Waals surface area (Å²) in [6.45, 7) is 2.09. The molecule has 1 N–H and O–H groups in total. The van der Waals surface area contributed by atoms with E-state index < -0.39 is 5.97 Å². The Morgan fingerprint density at radius 2 is 2.25 bits per heavy atom. The molecule has 1 aromatic carbocycles. The number of ether oxygens (including phenoxy) is 1. The van der Waals surface area contributed by atoms with Crippen molar-refractivity contribution in [3.05, 3.63) is 35.4 Å². The summed E-state index contributed by atoms with van der Waals surface area (Å²) in [7, 11) is 1.62. The Morgan fingerprint density at radius 1 is 1.50 bits per heavy atom. The molecule has 0 aromatic heterocycles. The largest absolute Gasteiger partial charge is 0.497 e. The van der Waals surface area contributed by atoms with E-state index in [9.17, 15) is 4.79 Å². The number of methoxy groups -OCH3 is 1. The molecule has 0 aliphatic carbocycles. The first-order valence-corrected chi connectivity index (χ1v) is 5.25. The summed E-state index contributed by atoms with van der Waals surface area (Å²) in [4.78, 5) is 10.5. The number of carbonyl (C=O) groups is 1. The number of rotatable bonds is 5. The minimum absolute atomic E-state index is 0.802. The van der Waals surface area contributed by atoms with Gasteiger partial charge in [0.25, 0.3) is 0 Å². The number of benzene rings is 1. The summed E-state index contributed by atoms with van der Waals surface area (Å²) < 4.78 is 5.14. The van der Waals surface area contributed by atoms with E-state index in [4.69, 9.17) is 9.84 Å². The lowest BCUT2D eigenvalue weighted by atomic mass is 10.0. The van der Waals surface area contributed by atoms with Gasteiger partial charge in [0.1, 0.15) is 5.75 Å². The zero-order chi connectivity index (χ0) is 12.0. The lowest BCUT2D eigenvalue weighted by molar-refractivity contribution is -0.131. The quantitative estimate of drug-likeness (QED) is 0.776. The molecule has 0 heterocycles. The number of aryl methyl sites for hydroxylation is 1. The zero-order valence-electron chi connectivity index (χ0n) is 9.56. The molecule has 0 saturated heterocycles. The van der Waals surface area contributed by atoms with Gasteiger partial charge in [0, 0.05) is 6.08 Å². The molecule has 0 unspecified atom stereocenters. The number of hydrogen-bond donors (Lipinski definition) is 1. The monoisotopic (exact) mass is 220 g/mol. The fraction of sp³-hybridized carbons (Fsp3) is 0.308. The highest BCUT2D eigenvalue weighted by atomic mass is 16.5. The third-order valence-electron chi connectivity index (χ3n) is 2.27. The van der Waals surface area contributed by atoms with Crippen LogP contribution in [0.2, 0.25) is 0 Å². The number of carboxylic acids is 1. The van der Waals surface area contributed by atoms with Crippen LogP contribution in [0.15, 0.2) is 24.3 Å². The molecule has 0 aliphatic rings. The van der Waals surface area contributed by atoms with Crippen molar-refractivity contribution in [3.8, 4) is 5.75 Å². The van der Waals surface area contributed by atoms with Crippen molar-refractivity contribution in [1.29, 1.82) is 0 Å². The molecular formula is C13H16O3. The minimum Gasteiger partial charge on any atom is -0.497 e. The Kier molecular flexibility index (Phi) is 4.58. The van der Waals surface area contributed by atoms with Crippen LogP contribution < -0.4 is 4.74 Å². The molecule has 0 atom stereocenters. The average molecular weight is 220 g/mol. The highest BCUT2D eigenvalue weighted by Crippen LogP contribution is 2.20. The second kappa shape index (κ2) is 5.95. The van der Waals surface area contributed by atoms with Gasteiger partial charge in [0.2, 0.25) is 0 Å². The maximum atomic E-state index is 10.5. The van der Waals surface area contributed by atoms with E-state index in [1.165, 1.54) is 0 Å². The van der Waals surface area contributed by atoms with Gasteiger partial charge in [-0.1, -0.05) is 19.4 Å². The molecule has 0 spiro atoms. The Labute approximate surface area is 95.4 Å². The van der Waals surface area contributed by atoms with E-state index in [1.807, 2.05) is 18.2 Å². The summed E-state index contributed by atoms with van der Waals surface area (Å²) in [6, 6.07) is 5.66. The fourth-order valence-electron chi connectivity index (χ4n) is 1.52. The van der Waals surface area contributed by atoms with E-state index in [-0.39, 0.29) is 0 Å². The van der Waals surface area contributed by atoms with E-state index in [1.54, 1.807) is 13.2 Å². The molecule has 16 heavy (non-hydrogen) atoms. The summed E-state index contributed by atoms with van der Waals surface area (Å²) in [5.41, 5.74) is 2.05. The normalized spacial score (nSPS) is 10.6. The van der Waals surface area contributed by atoms with Crippen LogP contribution in [0.5, 0.6) is 5.75 Å². The van der Waals surface area contributed by atoms with E-state index in [0.717, 1.165) is 35.8 Å². The van der Waals surface area contributed by atoms with Crippen molar-refractivity contribution in [2.75, 3.05) is 7.11 Å². The van der Waals surface area contributed by atoms with Crippen LogP contribution in [0.4, 0.5) is 0 Å². The number of hydrogen-bond acceptors (Lipinski definition) is 2. The van der Waals surface area contributed by atoms with Gasteiger partial charge in [-0.15, -0.1) is 0 Å². The Bertz CT molecular complexity index is 394. The van der Waals surface area contributed by atoms with Gasteiger partial charge in [-0.25, -0.2) is 4.79 Å². The van der Waals surface area contributed by atoms with E-state index >= 15 is 0 Å². The molecule has 1 rings (SSSR count). The molecule has 0 fully saturated rings. The SMILES string of the molecule is CCCc1cc(OC)ccc1/C=C/C(=O)O. The van der Waals surface area contributed by atoms with Gasteiger partial charge < -0.3 is 9.84 Å². The van der Waals surface area contributed by atoms with Gasteiger partial charge in [0.15, 0.2) is 0 Å².